The zero-order chi connectivity index (χ0) is 48.7. The van der Waals surface area contributed by atoms with Gasteiger partial charge in [-0.3, -0.25) is 14.4 Å². The van der Waals surface area contributed by atoms with Gasteiger partial charge in [0.15, 0.2) is 5.75 Å². The van der Waals surface area contributed by atoms with Crippen molar-refractivity contribution in [2.75, 3.05) is 56.7 Å². The van der Waals surface area contributed by atoms with Gasteiger partial charge in [0.05, 0.1) is 28.7 Å². The molecule has 0 radical (unpaired) electrons. The van der Waals surface area contributed by atoms with Crippen molar-refractivity contribution in [1.82, 2.24) is 19.6 Å². The maximum absolute atomic E-state index is 15.1. The second kappa shape index (κ2) is 20.0. The fraction of sp³-hybridized carbons (Fsp3) is 0.519. The molecule has 16 heteroatoms. The molecule has 10 rings (SSSR count). The zero-order valence-electron chi connectivity index (χ0n) is 40.9. The predicted octanol–water partition coefficient (Wildman–Crippen LogP) is 11.2. The number of benzene rings is 3. The van der Waals surface area contributed by atoms with Gasteiger partial charge >= 0.3 is 0 Å². The van der Waals surface area contributed by atoms with E-state index in [-0.39, 0.29) is 64.1 Å². The molecule has 2 saturated heterocycles. The highest BCUT2D eigenvalue weighted by atomic mass is 32.2. The summed E-state index contributed by atoms with van der Waals surface area (Å²) in [5.74, 6) is 1.39. The number of aromatic nitrogens is 2. The van der Waals surface area contributed by atoms with Crippen LogP contribution in [-0.4, -0.2) is 96.2 Å². The second-order valence-electron chi connectivity index (χ2n) is 21.1. The van der Waals surface area contributed by atoms with E-state index in [9.17, 15) is 14.8 Å². The lowest BCUT2D eigenvalue weighted by Crippen LogP contribution is -2.63. The Bertz CT molecular complexity index is 2710. The molecule has 3 aromatic carbocycles. The highest BCUT2D eigenvalue weighted by Crippen LogP contribution is 2.50. The summed E-state index contributed by atoms with van der Waals surface area (Å²) in [6, 6.07) is 20.2. The van der Waals surface area contributed by atoms with Crippen LogP contribution < -0.4 is 29.1 Å². The number of likely N-dealkylation sites (tertiary alicyclic amines) is 1. The molecule has 2 saturated carbocycles. The molecule has 372 valence electrons. The minimum absolute atomic E-state index is 0.0227. The van der Waals surface area contributed by atoms with Gasteiger partial charge in [-0.1, -0.05) is 44.5 Å². The minimum atomic E-state index is -0.657. The summed E-state index contributed by atoms with van der Waals surface area (Å²) in [5.41, 5.74) is 4.78. The number of piperidine rings is 1. The summed E-state index contributed by atoms with van der Waals surface area (Å²) in [7, 11) is 1.59. The minimum Gasteiger partial charge on any atom is -0.489 e. The topological polar surface area (TPSA) is 163 Å². The van der Waals surface area contributed by atoms with Crippen LogP contribution in [0.3, 0.4) is 0 Å². The molecule has 2 aliphatic carbocycles. The average Bonchev–Trinajstić information content (AvgIpc) is 3.99. The van der Waals surface area contributed by atoms with Crippen LogP contribution in [0.4, 0.5) is 21.5 Å². The van der Waals surface area contributed by atoms with Crippen LogP contribution in [0.1, 0.15) is 119 Å². The SMILES string of the molecule is CO[C@@H](C)COc1nc2[nH]cc(F)c2cc1Oc1cc(N2CCC3(CC2)CN([C@@H]2CCC[C@@H]2c2ccccc2C(C)C)C3)ccc1C(=O)NSc1cc(N=O)c2c(c1)OC[C@H](C1CCC(C)(O)CC1)N2. The van der Waals surface area contributed by atoms with E-state index in [4.69, 9.17) is 18.9 Å². The number of aromatic amines is 1. The van der Waals surface area contributed by atoms with Gasteiger partial charge in [0.25, 0.3) is 11.8 Å². The summed E-state index contributed by atoms with van der Waals surface area (Å²) < 4.78 is 42.4. The van der Waals surface area contributed by atoms with E-state index in [0.29, 0.717) is 59.3 Å². The maximum Gasteiger partial charge on any atom is 0.265 e. The summed E-state index contributed by atoms with van der Waals surface area (Å²) in [6.45, 7) is 12.9. The van der Waals surface area contributed by atoms with Crippen molar-refractivity contribution in [1.29, 1.82) is 0 Å². The first-order chi connectivity index (χ1) is 33.8. The molecule has 5 heterocycles. The number of fused-ring (bicyclic) bond motifs is 2. The van der Waals surface area contributed by atoms with Crippen molar-refractivity contribution in [3.05, 3.63) is 94.3 Å². The number of pyridine rings is 1. The summed E-state index contributed by atoms with van der Waals surface area (Å²) in [6.07, 6.45) is 9.97. The molecule has 4 N–H and O–H groups in total. The maximum atomic E-state index is 15.1. The van der Waals surface area contributed by atoms with Crippen molar-refractivity contribution in [2.45, 2.75) is 126 Å². The number of nitrogens with zero attached hydrogens (tertiary/aromatic N) is 4. The van der Waals surface area contributed by atoms with Crippen LogP contribution in [0.5, 0.6) is 23.1 Å². The van der Waals surface area contributed by atoms with Gasteiger partial charge in [0, 0.05) is 68.2 Å². The molecule has 3 aliphatic heterocycles. The normalized spacial score (nSPS) is 24.7. The van der Waals surface area contributed by atoms with E-state index in [1.165, 1.54) is 42.7 Å². The van der Waals surface area contributed by atoms with E-state index in [2.05, 4.69) is 73.1 Å². The van der Waals surface area contributed by atoms with E-state index in [0.717, 1.165) is 69.5 Å². The van der Waals surface area contributed by atoms with Gasteiger partial charge in [0.1, 0.15) is 47.6 Å². The first kappa shape index (κ1) is 48.2. The van der Waals surface area contributed by atoms with E-state index < -0.39 is 17.3 Å². The Labute approximate surface area is 413 Å². The van der Waals surface area contributed by atoms with Gasteiger partial charge in [-0.05, 0) is 141 Å². The number of carbonyl (C=O) groups excluding carboxylic acids is 1. The van der Waals surface area contributed by atoms with Gasteiger partial charge < -0.3 is 39.3 Å². The molecule has 4 atom stereocenters. The Morgan fingerprint density at radius 3 is 2.57 bits per heavy atom. The van der Waals surface area contributed by atoms with E-state index in [1.54, 1.807) is 25.3 Å². The number of halogens is 1. The number of aliphatic hydroxyl groups is 1. The molecule has 14 nitrogen and oxygen atoms in total. The van der Waals surface area contributed by atoms with Crippen LogP contribution in [0.15, 0.2) is 76.9 Å². The zero-order valence-corrected chi connectivity index (χ0v) is 41.7. The van der Waals surface area contributed by atoms with E-state index >= 15 is 4.39 Å². The third-order valence-corrected chi connectivity index (χ3v) is 16.7. The first-order valence-corrected chi connectivity index (χ1v) is 25.9. The Morgan fingerprint density at radius 2 is 1.81 bits per heavy atom. The van der Waals surface area contributed by atoms with Crippen molar-refractivity contribution in [3.63, 3.8) is 0 Å². The largest absolute Gasteiger partial charge is 0.489 e. The summed E-state index contributed by atoms with van der Waals surface area (Å²) in [5, 5.41) is 17.5. The number of anilines is 2. The van der Waals surface area contributed by atoms with Crippen molar-refractivity contribution < 1.29 is 33.2 Å². The van der Waals surface area contributed by atoms with Gasteiger partial charge in [0.2, 0.25) is 0 Å². The Hall–Kier alpha value is -5.42. The number of nitrogens with one attached hydrogen (secondary N) is 3. The van der Waals surface area contributed by atoms with Crippen molar-refractivity contribution in [3.8, 4) is 23.1 Å². The lowest BCUT2D eigenvalue weighted by molar-refractivity contribution is -0.0493. The fourth-order valence-corrected chi connectivity index (χ4v) is 12.3. The third-order valence-electron chi connectivity index (χ3n) is 15.9. The summed E-state index contributed by atoms with van der Waals surface area (Å²) >= 11 is 1.03. The van der Waals surface area contributed by atoms with E-state index in [1.807, 2.05) is 26.0 Å². The molecule has 1 spiro atoms. The number of methoxy groups -OCH3 is 1. The third kappa shape index (κ3) is 9.93. The van der Waals surface area contributed by atoms with Crippen molar-refractivity contribution in [2.24, 2.45) is 16.5 Å². The molecule has 1 amide bonds. The van der Waals surface area contributed by atoms with Crippen LogP contribution in [0.25, 0.3) is 11.0 Å². The molecule has 2 aromatic heterocycles. The average molecular weight is 976 g/mol. The first-order valence-electron chi connectivity index (χ1n) is 25.1. The highest BCUT2D eigenvalue weighted by molar-refractivity contribution is 7.98. The highest BCUT2D eigenvalue weighted by Gasteiger charge is 2.49. The summed E-state index contributed by atoms with van der Waals surface area (Å²) in [4.78, 5) is 39.6. The van der Waals surface area contributed by atoms with Gasteiger partial charge in [-0.2, -0.15) is 4.98 Å². The fourth-order valence-electron chi connectivity index (χ4n) is 11.7. The van der Waals surface area contributed by atoms with Gasteiger partial charge in [-0.25, -0.2) is 4.39 Å². The molecule has 0 bridgehead atoms. The van der Waals surface area contributed by atoms with Crippen LogP contribution >= 0.6 is 11.9 Å². The van der Waals surface area contributed by atoms with Crippen LogP contribution in [0.2, 0.25) is 0 Å². The smallest absolute Gasteiger partial charge is 0.265 e. The molecule has 5 aromatic rings. The van der Waals surface area contributed by atoms with Crippen molar-refractivity contribution >= 4 is 46.0 Å². The molecular weight excluding hydrogens is 910 g/mol. The Morgan fingerprint density at radius 1 is 1.03 bits per heavy atom. The number of nitroso groups, excluding NO2 is 1. The van der Waals surface area contributed by atoms with Crippen LogP contribution in [-0.2, 0) is 4.74 Å². The number of H-pyrrole nitrogens is 1. The van der Waals surface area contributed by atoms with Crippen LogP contribution in [0, 0.1) is 22.1 Å². The predicted molar refractivity (Wildman–Crippen MR) is 272 cm³/mol. The molecule has 5 aliphatic rings. The quantitative estimate of drug-likeness (QED) is 0.0581. The van der Waals surface area contributed by atoms with Gasteiger partial charge in [-0.15, -0.1) is 4.91 Å². The molecule has 0 unspecified atom stereocenters. The number of hydrogen-bond donors (Lipinski definition) is 4. The number of amides is 1. The molecule has 4 fully saturated rings. The lowest BCUT2D eigenvalue weighted by Gasteiger charge is -2.57. The number of ether oxygens (including phenoxy) is 4. The number of rotatable bonds is 15. The molecular formula is C54H66FN7O7S. The monoisotopic (exact) mass is 975 g/mol. The standard InChI is InChI=1S/C54H66FN7O7S/c1-32(2)37-9-6-7-10-38(37)39-11-8-12-45(39)62-30-54(31-62)19-21-61(22-20-54)35-13-14-40(46(23-35)69-48-26-41-42(55)27-56-50(41)58-52(48)68-28-33(3)66-5)51(63)60-70-36-24-43(59-65)49-47(25-36)67-29-44(57-49)34-15-17-53(4,64)18-16-34/h6-7,9-10,13-14,23-27,32-34,39,44-45,57,64H,8,11-12,15-22,28-31H2,1-5H3,(H,56,58)(H,60,63)/t33-,34?,39+,44+,45+,53?/m0/s1. The molecule has 70 heavy (non-hydrogen) atoms. The Balaban J connectivity index is 0.867. The Kier molecular flexibility index (Phi) is 13.8. The number of hydrogen-bond acceptors (Lipinski definition) is 13. The number of carbonyl (C=O) groups is 1. The lowest BCUT2D eigenvalue weighted by atomic mass is 9.70. The second-order valence-corrected chi connectivity index (χ2v) is 22.0.